The molecule has 0 atom stereocenters. The van der Waals surface area contributed by atoms with E-state index in [0.717, 1.165) is 24.4 Å². The fraction of sp³-hybridized carbons (Fsp3) is 0.500. The molecule has 0 N–H and O–H groups in total. The van der Waals surface area contributed by atoms with E-state index in [1.807, 2.05) is 53.8 Å². The number of rotatable bonds is 3. The maximum Gasteiger partial charge on any atom is 0.294 e. The lowest BCUT2D eigenvalue weighted by atomic mass is 10.0. The van der Waals surface area contributed by atoms with Gasteiger partial charge in [0.05, 0.1) is 24.4 Å². The van der Waals surface area contributed by atoms with Crippen LogP contribution in [0.2, 0.25) is 0 Å². The van der Waals surface area contributed by atoms with E-state index in [1.165, 1.54) is 0 Å². The zero-order chi connectivity index (χ0) is 16.7. The molecule has 6 heteroatoms. The number of nitrogens with zero attached hydrogens (tertiary/aromatic N) is 4. The molecule has 2 fully saturated rings. The van der Waals surface area contributed by atoms with Crippen LogP contribution in [0.3, 0.4) is 0 Å². The number of morpholine rings is 1. The molecule has 126 valence electrons. The third kappa shape index (κ3) is 2.71. The number of hydrogen-bond donors (Lipinski definition) is 0. The highest BCUT2D eigenvalue weighted by Crippen LogP contribution is 2.40. The molecule has 1 aliphatic carbocycles. The minimum atomic E-state index is -0.340. The van der Waals surface area contributed by atoms with Gasteiger partial charge in [-0.1, -0.05) is 18.2 Å². The average Bonchev–Trinajstić information content (AvgIpc) is 3.33. The van der Waals surface area contributed by atoms with Crippen molar-refractivity contribution in [3.8, 4) is 5.69 Å². The second kappa shape index (κ2) is 5.70. The van der Waals surface area contributed by atoms with Crippen LogP contribution in [0.25, 0.3) is 5.69 Å². The summed E-state index contributed by atoms with van der Waals surface area (Å²) in [6, 6.07) is 9.90. The fourth-order valence-electron chi connectivity index (χ4n) is 3.14. The highest BCUT2D eigenvalue weighted by molar-refractivity contribution is 5.91. The molecule has 0 radical (unpaired) electrons. The van der Waals surface area contributed by atoms with E-state index in [0.29, 0.717) is 25.7 Å². The number of carbonyl (C=O) groups excluding carboxylic acids is 1. The standard InChI is InChI=1S/C18H22N4O2/c1-18(2)12-24-11-10-21(18)17(23)15-19-16(13-8-9-13)22(20-15)14-6-4-3-5-7-14/h3-7,13H,8-12H2,1-2H3. The van der Waals surface area contributed by atoms with E-state index >= 15 is 0 Å². The Morgan fingerprint density at radius 3 is 2.67 bits per heavy atom. The molecular weight excluding hydrogens is 304 g/mol. The summed E-state index contributed by atoms with van der Waals surface area (Å²) in [5.41, 5.74) is 0.611. The van der Waals surface area contributed by atoms with Crippen LogP contribution in [0.15, 0.2) is 30.3 Å². The third-order valence-corrected chi connectivity index (χ3v) is 4.66. The molecule has 1 saturated heterocycles. The Balaban J connectivity index is 1.70. The molecule has 4 rings (SSSR count). The molecular formula is C18H22N4O2. The molecule has 24 heavy (non-hydrogen) atoms. The first-order valence-electron chi connectivity index (χ1n) is 8.48. The third-order valence-electron chi connectivity index (χ3n) is 4.66. The molecule has 1 amide bonds. The van der Waals surface area contributed by atoms with Crippen LogP contribution in [0.4, 0.5) is 0 Å². The van der Waals surface area contributed by atoms with Crippen molar-refractivity contribution in [2.24, 2.45) is 0 Å². The minimum Gasteiger partial charge on any atom is -0.377 e. The van der Waals surface area contributed by atoms with Gasteiger partial charge in [0.1, 0.15) is 5.82 Å². The second-order valence-corrected chi connectivity index (χ2v) is 7.14. The van der Waals surface area contributed by atoms with Crippen LogP contribution < -0.4 is 0 Å². The highest BCUT2D eigenvalue weighted by Gasteiger charge is 2.38. The van der Waals surface area contributed by atoms with Gasteiger partial charge >= 0.3 is 0 Å². The van der Waals surface area contributed by atoms with E-state index in [2.05, 4.69) is 10.1 Å². The van der Waals surface area contributed by atoms with Crippen LogP contribution >= 0.6 is 0 Å². The smallest absolute Gasteiger partial charge is 0.294 e. The summed E-state index contributed by atoms with van der Waals surface area (Å²) >= 11 is 0. The SMILES string of the molecule is CC1(C)COCCN1C(=O)c1nc(C2CC2)n(-c2ccccc2)n1. The molecule has 0 spiro atoms. The largest absolute Gasteiger partial charge is 0.377 e. The van der Waals surface area contributed by atoms with Gasteiger partial charge in [0.15, 0.2) is 0 Å². The predicted octanol–water partition coefficient (Wildman–Crippen LogP) is 2.40. The quantitative estimate of drug-likeness (QED) is 0.869. The van der Waals surface area contributed by atoms with E-state index in [-0.39, 0.29) is 17.3 Å². The Morgan fingerprint density at radius 1 is 1.25 bits per heavy atom. The van der Waals surface area contributed by atoms with E-state index in [1.54, 1.807) is 0 Å². The number of amides is 1. The van der Waals surface area contributed by atoms with Gasteiger partial charge in [-0.25, -0.2) is 9.67 Å². The van der Waals surface area contributed by atoms with Gasteiger partial charge in [-0.3, -0.25) is 4.79 Å². The lowest BCUT2D eigenvalue weighted by Crippen LogP contribution is -2.55. The zero-order valence-electron chi connectivity index (χ0n) is 14.1. The van der Waals surface area contributed by atoms with Gasteiger partial charge < -0.3 is 9.64 Å². The predicted molar refractivity (Wildman–Crippen MR) is 89.3 cm³/mol. The Kier molecular flexibility index (Phi) is 3.64. The van der Waals surface area contributed by atoms with E-state index in [9.17, 15) is 4.79 Å². The summed E-state index contributed by atoms with van der Waals surface area (Å²) in [6.07, 6.45) is 2.23. The summed E-state index contributed by atoms with van der Waals surface area (Å²) in [5, 5.41) is 4.56. The number of hydrogen-bond acceptors (Lipinski definition) is 4. The van der Waals surface area contributed by atoms with Crippen LogP contribution in [0.5, 0.6) is 0 Å². The van der Waals surface area contributed by atoms with Crippen LogP contribution in [0.1, 0.15) is 49.1 Å². The highest BCUT2D eigenvalue weighted by atomic mass is 16.5. The molecule has 2 aromatic rings. The number of carbonyl (C=O) groups is 1. The molecule has 2 aliphatic rings. The van der Waals surface area contributed by atoms with Crippen molar-refractivity contribution < 1.29 is 9.53 Å². The van der Waals surface area contributed by atoms with Gasteiger partial charge in [-0.2, -0.15) is 0 Å². The Hall–Kier alpha value is -2.21. The van der Waals surface area contributed by atoms with Gasteiger partial charge in [0.2, 0.25) is 5.82 Å². The molecule has 1 aromatic carbocycles. The Bertz CT molecular complexity index is 750. The topological polar surface area (TPSA) is 60.2 Å². The first-order chi connectivity index (χ1) is 11.6. The first-order valence-corrected chi connectivity index (χ1v) is 8.48. The molecule has 1 saturated carbocycles. The molecule has 0 bridgehead atoms. The van der Waals surface area contributed by atoms with Crippen molar-refractivity contribution >= 4 is 5.91 Å². The number of aromatic nitrogens is 3. The average molecular weight is 326 g/mol. The Morgan fingerprint density at radius 2 is 2.00 bits per heavy atom. The summed E-state index contributed by atoms with van der Waals surface area (Å²) in [7, 11) is 0. The molecule has 0 unspecified atom stereocenters. The minimum absolute atomic E-state index is 0.111. The van der Waals surface area contributed by atoms with Crippen LogP contribution in [0, 0.1) is 0 Å². The molecule has 1 aromatic heterocycles. The van der Waals surface area contributed by atoms with Crippen molar-refractivity contribution in [2.45, 2.75) is 38.1 Å². The van der Waals surface area contributed by atoms with Crippen molar-refractivity contribution in [2.75, 3.05) is 19.8 Å². The second-order valence-electron chi connectivity index (χ2n) is 7.14. The van der Waals surface area contributed by atoms with Crippen LogP contribution in [-0.2, 0) is 4.74 Å². The number of ether oxygens (including phenoxy) is 1. The lowest BCUT2D eigenvalue weighted by Gasteiger charge is -2.41. The summed E-state index contributed by atoms with van der Waals surface area (Å²) < 4.78 is 7.34. The first kappa shape index (κ1) is 15.3. The number of benzene rings is 1. The fourth-order valence-corrected chi connectivity index (χ4v) is 3.14. The lowest BCUT2D eigenvalue weighted by molar-refractivity contribution is -0.0375. The summed E-state index contributed by atoms with van der Waals surface area (Å²) in [5.74, 6) is 1.49. The van der Waals surface area contributed by atoms with Crippen molar-refractivity contribution in [3.05, 3.63) is 42.0 Å². The molecule has 1 aliphatic heterocycles. The number of para-hydroxylation sites is 1. The normalized spacial score (nSPS) is 20.2. The van der Waals surface area contributed by atoms with Gasteiger partial charge in [0, 0.05) is 12.5 Å². The van der Waals surface area contributed by atoms with Crippen molar-refractivity contribution in [1.82, 2.24) is 19.7 Å². The summed E-state index contributed by atoms with van der Waals surface area (Å²) in [4.78, 5) is 19.4. The Labute approximate surface area is 141 Å². The monoisotopic (exact) mass is 326 g/mol. The van der Waals surface area contributed by atoms with Gasteiger partial charge in [-0.05, 0) is 38.8 Å². The van der Waals surface area contributed by atoms with Crippen molar-refractivity contribution in [1.29, 1.82) is 0 Å². The van der Waals surface area contributed by atoms with E-state index in [4.69, 9.17) is 4.74 Å². The maximum atomic E-state index is 13.0. The molecule has 6 nitrogen and oxygen atoms in total. The zero-order valence-corrected chi connectivity index (χ0v) is 14.1. The van der Waals surface area contributed by atoms with Crippen LogP contribution in [-0.4, -0.2) is 50.9 Å². The van der Waals surface area contributed by atoms with Gasteiger partial charge in [-0.15, -0.1) is 5.10 Å². The van der Waals surface area contributed by atoms with Gasteiger partial charge in [0.25, 0.3) is 5.91 Å². The maximum absolute atomic E-state index is 13.0. The molecule has 2 heterocycles. The summed E-state index contributed by atoms with van der Waals surface area (Å²) in [6.45, 7) is 5.70. The van der Waals surface area contributed by atoms with Crippen molar-refractivity contribution in [3.63, 3.8) is 0 Å². The van der Waals surface area contributed by atoms with E-state index < -0.39 is 0 Å².